The molecule has 0 aliphatic heterocycles. The van der Waals surface area contributed by atoms with E-state index in [0.717, 1.165) is 18.6 Å². The SMILES string of the molecule is CCCCCCOc1ccc(C(=O)NNC(=O)c2ccc(OC(C)C)c(Br)c2)cc1. The van der Waals surface area contributed by atoms with Gasteiger partial charge in [-0.15, -0.1) is 0 Å². The summed E-state index contributed by atoms with van der Waals surface area (Å²) in [6.45, 7) is 6.69. The second kappa shape index (κ2) is 12.2. The maximum atomic E-state index is 12.3. The van der Waals surface area contributed by atoms with Gasteiger partial charge < -0.3 is 9.47 Å². The van der Waals surface area contributed by atoms with E-state index in [1.807, 2.05) is 13.8 Å². The zero-order chi connectivity index (χ0) is 21.9. The normalized spacial score (nSPS) is 10.6. The Morgan fingerprint density at radius 3 is 2.17 bits per heavy atom. The molecule has 2 N–H and O–H groups in total. The first kappa shape index (κ1) is 23.7. The summed E-state index contributed by atoms with van der Waals surface area (Å²) >= 11 is 3.39. The number of benzene rings is 2. The molecule has 2 rings (SSSR count). The van der Waals surface area contributed by atoms with Crippen LogP contribution in [0, 0.1) is 0 Å². The van der Waals surface area contributed by atoms with Crippen molar-refractivity contribution < 1.29 is 19.1 Å². The molecule has 0 fully saturated rings. The number of ether oxygens (including phenoxy) is 2. The zero-order valence-electron chi connectivity index (χ0n) is 17.7. The lowest BCUT2D eigenvalue weighted by molar-refractivity contribution is 0.0846. The molecule has 30 heavy (non-hydrogen) atoms. The third kappa shape index (κ3) is 7.71. The Hall–Kier alpha value is -2.54. The molecule has 0 saturated carbocycles. The lowest BCUT2D eigenvalue weighted by Crippen LogP contribution is -2.41. The average molecular weight is 477 g/mol. The van der Waals surface area contributed by atoms with Crippen molar-refractivity contribution in [2.75, 3.05) is 6.61 Å². The fourth-order valence-corrected chi connectivity index (χ4v) is 3.14. The monoisotopic (exact) mass is 476 g/mol. The highest BCUT2D eigenvalue weighted by molar-refractivity contribution is 9.10. The fourth-order valence-electron chi connectivity index (χ4n) is 2.67. The molecule has 0 aliphatic carbocycles. The molecule has 0 bridgehead atoms. The molecule has 2 aromatic rings. The summed E-state index contributed by atoms with van der Waals surface area (Å²) in [7, 11) is 0. The molecule has 0 atom stereocenters. The Balaban J connectivity index is 1.83. The summed E-state index contributed by atoms with van der Waals surface area (Å²) in [6, 6.07) is 11.8. The number of hydrazine groups is 1. The summed E-state index contributed by atoms with van der Waals surface area (Å²) in [5.74, 6) is 0.544. The number of halogens is 1. The van der Waals surface area contributed by atoms with Crippen LogP contribution < -0.4 is 20.3 Å². The van der Waals surface area contributed by atoms with Crippen molar-refractivity contribution in [3.63, 3.8) is 0 Å². The maximum Gasteiger partial charge on any atom is 0.269 e. The summed E-state index contributed by atoms with van der Waals surface area (Å²) in [6.07, 6.45) is 4.60. The molecule has 2 aromatic carbocycles. The first-order valence-corrected chi connectivity index (χ1v) is 11.0. The van der Waals surface area contributed by atoms with E-state index < -0.39 is 11.8 Å². The summed E-state index contributed by atoms with van der Waals surface area (Å²) in [5.41, 5.74) is 5.67. The van der Waals surface area contributed by atoms with Gasteiger partial charge in [-0.3, -0.25) is 20.4 Å². The Bertz CT molecular complexity index is 838. The van der Waals surface area contributed by atoms with Crippen molar-refractivity contribution in [3.05, 3.63) is 58.1 Å². The molecule has 7 heteroatoms. The maximum absolute atomic E-state index is 12.3. The second-order valence-electron chi connectivity index (χ2n) is 7.15. The van der Waals surface area contributed by atoms with Crippen LogP contribution >= 0.6 is 15.9 Å². The van der Waals surface area contributed by atoms with Gasteiger partial charge in [0.2, 0.25) is 0 Å². The topological polar surface area (TPSA) is 76.7 Å². The van der Waals surface area contributed by atoms with E-state index in [2.05, 4.69) is 33.7 Å². The predicted octanol–water partition coefficient (Wildman–Crippen LogP) is 5.27. The minimum atomic E-state index is -0.424. The number of carbonyl (C=O) groups excluding carboxylic acids is 2. The van der Waals surface area contributed by atoms with Crippen LogP contribution in [0.4, 0.5) is 0 Å². The fraction of sp³-hybridized carbons (Fsp3) is 0.391. The van der Waals surface area contributed by atoms with Gasteiger partial charge in [0.1, 0.15) is 11.5 Å². The third-order valence-corrected chi connectivity index (χ3v) is 4.85. The van der Waals surface area contributed by atoms with Crippen LogP contribution in [0.1, 0.15) is 67.2 Å². The van der Waals surface area contributed by atoms with Crippen molar-refractivity contribution in [1.29, 1.82) is 0 Å². The molecule has 0 saturated heterocycles. The number of hydrogen-bond acceptors (Lipinski definition) is 4. The summed E-state index contributed by atoms with van der Waals surface area (Å²) in [5, 5.41) is 0. The average Bonchev–Trinajstić information content (AvgIpc) is 2.73. The molecule has 162 valence electrons. The number of nitrogens with one attached hydrogen (secondary N) is 2. The molecule has 0 radical (unpaired) electrons. The van der Waals surface area contributed by atoms with Crippen LogP contribution in [0.3, 0.4) is 0 Å². The number of rotatable bonds is 10. The summed E-state index contributed by atoms with van der Waals surface area (Å²) < 4.78 is 12.0. The number of carbonyl (C=O) groups is 2. The van der Waals surface area contributed by atoms with Crippen molar-refractivity contribution in [2.45, 2.75) is 52.6 Å². The van der Waals surface area contributed by atoms with Gasteiger partial charge in [0.05, 0.1) is 17.2 Å². The molecule has 6 nitrogen and oxygen atoms in total. The Kier molecular flexibility index (Phi) is 9.67. The van der Waals surface area contributed by atoms with E-state index in [4.69, 9.17) is 9.47 Å². The van der Waals surface area contributed by atoms with Crippen LogP contribution in [-0.4, -0.2) is 24.5 Å². The second-order valence-corrected chi connectivity index (χ2v) is 8.01. The van der Waals surface area contributed by atoms with Gasteiger partial charge in [0, 0.05) is 11.1 Å². The molecule has 0 spiro atoms. The zero-order valence-corrected chi connectivity index (χ0v) is 19.3. The van der Waals surface area contributed by atoms with E-state index in [1.54, 1.807) is 42.5 Å². The smallest absolute Gasteiger partial charge is 0.269 e. The van der Waals surface area contributed by atoms with Gasteiger partial charge in [0.25, 0.3) is 11.8 Å². The molecule has 2 amide bonds. The first-order valence-electron chi connectivity index (χ1n) is 10.2. The van der Waals surface area contributed by atoms with Crippen LogP contribution in [0.25, 0.3) is 0 Å². The largest absolute Gasteiger partial charge is 0.494 e. The van der Waals surface area contributed by atoms with Gasteiger partial charge in [-0.25, -0.2) is 0 Å². The van der Waals surface area contributed by atoms with Gasteiger partial charge >= 0.3 is 0 Å². The molecular weight excluding hydrogens is 448 g/mol. The lowest BCUT2D eigenvalue weighted by atomic mass is 10.2. The van der Waals surface area contributed by atoms with Crippen molar-refractivity contribution in [1.82, 2.24) is 10.9 Å². The lowest BCUT2D eigenvalue weighted by Gasteiger charge is -2.13. The Morgan fingerprint density at radius 2 is 1.57 bits per heavy atom. The standard InChI is InChI=1S/C23H29BrN2O4/c1-4-5-6-7-14-29-19-11-8-17(9-12-19)22(27)25-26-23(28)18-10-13-21(20(24)15-18)30-16(2)3/h8-13,15-16H,4-7,14H2,1-3H3,(H,25,27)(H,26,28). The van der Waals surface area contributed by atoms with Crippen LogP contribution in [0.15, 0.2) is 46.9 Å². The molecule has 0 heterocycles. The molecule has 0 unspecified atom stereocenters. The number of unbranched alkanes of at least 4 members (excludes halogenated alkanes) is 3. The van der Waals surface area contributed by atoms with Crippen molar-refractivity contribution in [2.24, 2.45) is 0 Å². The van der Waals surface area contributed by atoms with Gasteiger partial charge in [-0.05, 0) is 78.7 Å². The predicted molar refractivity (Wildman–Crippen MR) is 121 cm³/mol. The van der Waals surface area contributed by atoms with E-state index in [-0.39, 0.29) is 6.10 Å². The molecular formula is C23H29BrN2O4. The quantitative estimate of drug-likeness (QED) is 0.361. The van der Waals surface area contributed by atoms with Crippen LogP contribution in [0.5, 0.6) is 11.5 Å². The van der Waals surface area contributed by atoms with E-state index in [9.17, 15) is 9.59 Å². The minimum Gasteiger partial charge on any atom is -0.494 e. The molecule has 0 aliphatic rings. The van der Waals surface area contributed by atoms with Crippen molar-refractivity contribution in [3.8, 4) is 11.5 Å². The minimum absolute atomic E-state index is 0.0260. The van der Waals surface area contributed by atoms with Gasteiger partial charge in [-0.1, -0.05) is 26.2 Å². The number of amides is 2. The highest BCUT2D eigenvalue weighted by Gasteiger charge is 2.12. The third-order valence-electron chi connectivity index (χ3n) is 4.23. The Labute approximate surface area is 186 Å². The van der Waals surface area contributed by atoms with Crippen molar-refractivity contribution >= 4 is 27.7 Å². The molecule has 0 aromatic heterocycles. The van der Waals surface area contributed by atoms with Crippen LogP contribution in [0.2, 0.25) is 0 Å². The highest BCUT2D eigenvalue weighted by Crippen LogP contribution is 2.26. The van der Waals surface area contributed by atoms with Gasteiger partial charge in [0.15, 0.2) is 0 Å². The number of hydrogen-bond donors (Lipinski definition) is 2. The first-order chi connectivity index (χ1) is 14.4. The van der Waals surface area contributed by atoms with Gasteiger partial charge in [-0.2, -0.15) is 0 Å². The summed E-state index contributed by atoms with van der Waals surface area (Å²) in [4.78, 5) is 24.6. The van der Waals surface area contributed by atoms with Crippen LogP contribution in [-0.2, 0) is 0 Å². The highest BCUT2D eigenvalue weighted by atomic mass is 79.9. The Morgan fingerprint density at radius 1 is 0.933 bits per heavy atom. The van der Waals surface area contributed by atoms with E-state index in [0.29, 0.717) is 28.0 Å². The van der Waals surface area contributed by atoms with E-state index >= 15 is 0 Å². The van der Waals surface area contributed by atoms with E-state index in [1.165, 1.54) is 12.8 Å².